The van der Waals surface area contributed by atoms with Gasteiger partial charge in [-0.2, -0.15) is 0 Å². The Morgan fingerprint density at radius 2 is 1.81 bits per heavy atom. The summed E-state index contributed by atoms with van der Waals surface area (Å²) in [5.41, 5.74) is 4.79. The van der Waals surface area contributed by atoms with Crippen LogP contribution in [-0.4, -0.2) is 17.4 Å². The number of pyridine rings is 1. The summed E-state index contributed by atoms with van der Waals surface area (Å²) in [6.45, 7) is 6.97. The first-order valence-electron chi connectivity index (χ1n) is 9.24. The number of carbonyl (C=O) groups is 1. The monoisotopic (exact) mass is 359 g/mol. The van der Waals surface area contributed by atoms with Crippen LogP contribution in [0.15, 0.2) is 72.9 Å². The molecule has 1 aromatic heterocycles. The Bertz CT molecular complexity index is 891. The van der Waals surface area contributed by atoms with Crippen LogP contribution in [0.3, 0.4) is 0 Å². The number of rotatable bonds is 6. The molecule has 0 saturated heterocycles. The number of amides is 1. The standard InChI is InChI=1S/C23H25N3O/c1-4-26(20-12-8-9-17(2)15-20)21-13-14-22(24-16-21)23(27)25-18(3)19-10-6-5-7-11-19/h5-16,18H,4H2,1-3H3,(H,25,27). The Hall–Kier alpha value is -3.14. The van der Waals surface area contributed by atoms with Gasteiger partial charge in [-0.25, -0.2) is 4.98 Å². The zero-order chi connectivity index (χ0) is 19.2. The number of nitrogens with zero attached hydrogens (tertiary/aromatic N) is 2. The van der Waals surface area contributed by atoms with Gasteiger partial charge < -0.3 is 10.2 Å². The second kappa shape index (κ2) is 8.49. The number of anilines is 2. The van der Waals surface area contributed by atoms with Crippen LogP contribution < -0.4 is 10.2 Å². The Morgan fingerprint density at radius 3 is 2.44 bits per heavy atom. The van der Waals surface area contributed by atoms with Gasteiger partial charge in [0.1, 0.15) is 5.69 Å². The summed E-state index contributed by atoms with van der Waals surface area (Å²) in [5.74, 6) is -0.170. The molecule has 27 heavy (non-hydrogen) atoms. The lowest BCUT2D eigenvalue weighted by atomic mass is 10.1. The van der Waals surface area contributed by atoms with Gasteiger partial charge in [-0.05, 0) is 56.2 Å². The van der Waals surface area contributed by atoms with Gasteiger partial charge in [-0.1, -0.05) is 42.5 Å². The molecule has 0 bridgehead atoms. The summed E-state index contributed by atoms with van der Waals surface area (Å²) in [6, 6.07) is 21.9. The highest BCUT2D eigenvalue weighted by atomic mass is 16.1. The number of carbonyl (C=O) groups excluding carboxylic acids is 1. The molecule has 2 aromatic carbocycles. The van der Waals surface area contributed by atoms with Crippen molar-refractivity contribution in [3.05, 3.63) is 89.7 Å². The molecule has 4 heteroatoms. The van der Waals surface area contributed by atoms with E-state index < -0.39 is 0 Å². The molecule has 1 unspecified atom stereocenters. The van der Waals surface area contributed by atoms with E-state index in [2.05, 4.69) is 47.2 Å². The third-order valence-corrected chi connectivity index (χ3v) is 4.57. The number of hydrogen-bond donors (Lipinski definition) is 1. The average Bonchev–Trinajstić information content (AvgIpc) is 2.70. The van der Waals surface area contributed by atoms with E-state index in [0.717, 1.165) is 23.5 Å². The first kappa shape index (κ1) is 18.6. The largest absolute Gasteiger partial charge is 0.344 e. The first-order chi connectivity index (χ1) is 13.1. The van der Waals surface area contributed by atoms with Crippen molar-refractivity contribution < 1.29 is 4.79 Å². The van der Waals surface area contributed by atoms with Gasteiger partial charge in [0.25, 0.3) is 5.91 Å². The Morgan fingerprint density at radius 1 is 1.04 bits per heavy atom. The second-order valence-corrected chi connectivity index (χ2v) is 6.59. The lowest BCUT2D eigenvalue weighted by Crippen LogP contribution is -2.27. The molecule has 0 aliphatic heterocycles. The van der Waals surface area contributed by atoms with Crippen molar-refractivity contribution in [2.24, 2.45) is 0 Å². The fourth-order valence-electron chi connectivity index (χ4n) is 3.09. The van der Waals surface area contributed by atoms with Crippen LogP contribution in [0.5, 0.6) is 0 Å². The lowest BCUT2D eigenvalue weighted by Gasteiger charge is -2.23. The SMILES string of the molecule is CCN(c1ccc(C(=O)NC(C)c2ccccc2)nc1)c1cccc(C)c1. The van der Waals surface area contributed by atoms with Crippen molar-refractivity contribution in [1.82, 2.24) is 10.3 Å². The van der Waals surface area contributed by atoms with Crippen molar-refractivity contribution in [3.63, 3.8) is 0 Å². The van der Waals surface area contributed by atoms with E-state index in [1.807, 2.05) is 49.4 Å². The van der Waals surface area contributed by atoms with Crippen molar-refractivity contribution in [3.8, 4) is 0 Å². The number of hydrogen-bond acceptors (Lipinski definition) is 3. The Kier molecular flexibility index (Phi) is 5.87. The molecule has 3 aromatic rings. The van der Waals surface area contributed by atoms with Gasteiger partial charge in [0.05, 0.1) is 17.9 Å². The molecule has 0 spiro atoms. The maximum atomic E-state index is 12.5. The van der Waals surface area contributed by atoms with Gasteiger partial charge in [0.2, 0.25) is 0 Å². The molecule has 4 nitrogen and oxygen atoms in total. The maximum absolute atomic E-state index is 12.5. The van der Waals surface area contributed by atoms with E-state index >= 15 is 0 Å². The van der Waals surface area contributed by atoms with E-state index in [1.165, 1.54) is 5.56 Å². The van der Waals surface area contributed by atoms with Crippen LogP contribution >= 0.6 is 0 Å². The van der Waals surface area contributed by atoms with E-state index in [1.54, 1.807) is 12.3 Å². The molecule has 0 fully saturated rings. The van der Waals surface area contributed by atoms with E-state index in [4.69, 9.17) is 0 Å². The number of nitrogens with one attached hydrogen (secondary N) is 1. The van der Waals surface area contributed by atoms with Crippen molar-refractivity contribution >= 4 is 17.3 Å². The van der Waals surface area contributed by atoms with Crippen LogP contribution in [-0.2, 0) is 0 Å². The molecule has 1 atom stereocenters. The summed E-state index contributed by atoms with van der Waals surface area (Å²) >= 11 is 0. The molecule has 1 N–H and O–H groups in total. The molecule has 0 aliphatic rings. The van der Waals surface area contributed by atoms with Gasteiger partial charge >= 0.3 is 0 Å². The third-order valence-electron chi connectivity index (χ3n) is 4.57. The molecular formula is C23H25N3O. The van der Waals surface area contributed by atoms with E-state index in [-0.39, 0.29) is 11.9 Å². The van der Waals surface area contributed by atoms with Crippen LogP contribution in [0.4, 0.5) is 11.4 Å². The molecule has 3 rings (SSSR count). The zero-order valence-corrected chi connectivity index (χ0v) is 16.0. The molecule has 0 aliphatic carbocycles. The highest BCUT2D eigenvalue weighted by molar-refractivity contribution is 5.92. The predicted octanol–water partition coefficient (Wildman–Crippen LogP) is 5.04. The third kappa shape index (κ3) is 4.53. The summed E-state index contributed by atoms with van der Waals surface area (Å²) in [4.78, 5) is 19.1. The van der Waals surface area contributed by atoms with Gasteiger partial charge in [0.15, 0.2) is 0 Å². The van der Waals surface area contributed by atoms with Crippen molar-refractivity contribution in [2.75, 3.05) is 11.4 Å². The quantitative estimate of drug-likeness (QED) is 0.671. The topological polar surface area (TPSA) is 45.2 Å². The average molecular weight is 359 g/mol. The number of aromatic nitrogens is 1. The molecule has 0 radical (unpaired) electrons. The molecule has 138 valence electrons. The van der Waals surface area contributed by atoms with E-state index in [9.17, 15) is 4.79 Å². The van der Waals surface area contributed by atoms with Crippen molar-refractivity contribution in [2.45, 2.75) is 26.8 Å². The van der Waals surface area contributed by atoms with Crippen LogP contribution in [0.25, 0.3) is 0 Å². The highest BCUT2D eigenvalue weighted by Crippen LogP contribution is 2.25. The fourth-order valence-corrected chi connectivity index (χ4v) is 3.09. The maximum Gasteiger partial charge on any atom is 0.270 e. The minimum absolute atomic E-state index is 0.0698. The smallest absolute Gasteiger partial charge is 0.270 e. The van der Waals surface area contributed by atoms with Crippen LogP contribution in [0, 0.1) is 6.92 Å². The minimum atomic E-state index is -0.170. The summed E-state index contributed by atoms with van der Waals surface area (Å²) in [6.07, 6.45) is 1.76. The van der Waals surface area contributed by atoms with Crippen LogP contribution in [0.2, 0.25) is 0 Å². The molecule has 1 amide bonds. The zero-order valence-electron chi connectivity index (χ0n) is 16.0. The summed E-state index contributed by atoms with van der Waals surface area (Å²) in [5, 5.41) is 3.00. The first-order valence-corrected chi connectivity index (χ1v) is 9.24. The summed E-state index contributed by atoms with van der Waals surface area (Å²) < 4.78 is 0. The lowest BCUT2D eigenvalue weighted by molar-refractivity contribution is 0.0935. The number of aryl methyl sites for hydroxylation is 1. The predicted molar refractivity (Wildman–Crippen MR) is 110 cm³/mol. The van der Waals surface area contributed by atoms with Crippen LogP contribution in [0.1, 0.15) is 41.5 Å². The summed E-state index contributed by atoms with van der Waals surface area (Å²) in [7, 11) is 0. The Balaban J connectivity index is 1.73. The fraction of sp³-hybridized carbons (Fsp3) is 0.217. The molecule has 0 saturated carbocycles. The van der Waals surface area contributed by atoms with Crippen molar-refractivity contribution in [1.29, 1.82) is 0 Å². The molecule has 1 heterocycles. The van der Waals surface area contributed by atoms with Gasteiger partial charge in [-0.15, -0.1) is 0 Å². The minimum Gasteiger partial charge on any atom is -0.344 e. The Labute approximate surface area is 160 Å². The second-order valence-electron chi connectivity index (χ2n) is 6.59. The number of benzene rings is 2. The van der Waals surface area contributed by atoms with Gasteiger partial charge in [0, 0.05) is 12.2 Å². The van der Waals surface area contributed by atoms with E-state index in [0.29, 0.717) is 5.69 Å². The highest BCUT2D eigenvalue weighted by Gasteiger charge is 2.14. The van der Waals surface area contributed by atoms with Gasteiger partial charge in [-0.3, -0.25) is 4.79 Å². The normalized spacial score (nSPS) is 11.7. The molecular weight excluding hydrogens is 334 g/mol.